The molecule has 1 atom stereocenters. The molecule has 1 saturated heterocycles. The molecule has 4 nitrogen and oxygen atoms in total. The Morgan fingerprint density at radius 1 is 1.30 bits per heavy atom. The van der Waals surface area contributed by atoms with Crippen molar-refractivity contribution in [2.45, 2.75) is 58.2 Å². The Bertz CT molecular complexity index is 591. The van der Waals surface area contributed by atoms with Crippen LogP contribution in [0.25, 0.3) is 0 Å². The van der Waals surface area contributed by atoms with E-state index in [1.54, 1.807) is 7.11 Å². The fourth-order valence-corrected chi connectivity index (χ4v) is 3.95. The Balaban J connectivity index is 1.88. The Morgan fingerprint density at radius 3 is 2.61 bits per heavy atom. The van der Waals surface area contributed by atoms with E-state index in [0.29, 0.717) is 5.92 Å². The van der Waals surface area contributed by atoms with Crippen molar-refractivity contribution in [1.82, 2.24) is 10.2 Å². The first-order chi connectivity index (χ1) is 10.9. The maximum absolute atomic E-state index is 12.8. The maximum Gasteiger partial charge on any atom is 0.243 e. The Kier molecular flexibility index (Phi) is 4.37. The minimum atomic E-state index is -0.503. The van der Waals surface area contributed by atoms with E-state index in [4.69, 9.17) is 4.74 Å². The zero-order valence-electron chi connectivity index (χ0n) is 14.7. The summed E-state index contributed by atoms with van der Waals surface area (Å²) in [5, 5.41) is 3.52. The van der Waals surface area contributed by atoms with Crippen molar-refractivity contribution >= 4 is 5.91 Å². The second kappa shape index (κ2) is 6.16. The van der Waals surface area contributed by atoms with Gasteiger partial charge in [0.05, 0.1) is 12.6 Å². The molecular formula is C19H28N2O2. The van der Waals surface area contributed by atoms with Crippen molar-refractivity contribution in [2.24, 2.45) is 5.92 Å². The number of carbonyl (C=O) groups is 1. The second-order valence-corrected chi connectivity index (χ2v) is 7.51. The van der Waals surface area contributed by atoms with Gasteiger partial charge in [0.15, 0.2) is 0 Å². The van der Waals surface area contributed by atoms with E-state index in [1.165, 1.54) is 25.7 Å². The number of hydrogen-bond acceptors (Lipinski definition) is 3. The Hall–Kier alpha value is -1.55. The number of rotatable bonds is 4. The lowest BCUT2D eigenvalue weighted by Crippen LogP contribution is -2.40. The van der Waals surface area contributed by atoms with Crippen molar-refractivity contribution in [1.29, 1.82) is 0 Å². The molecule has 0 radical (unpaired) electrons. The van der Waals surface area contributed by atoms with Crippen LogP contribution in [-0.2, 0) is 4.79 Å². The predicted molar refractivity (Wildman–Crippen MR) is 91.4 cm³/mol. The van der Waals surface area contributed by atoms with E-state index < -0.39 is 5.54 Å². The van der Waals surface area contributed by atoms with E-state index in [-0.39, 0.29) is 12.1 Å². The molecule has 1 saturated carbocycles. The molecule has 0 aromatic heterocycles. The van der Waals surface area contributed by atoms with Gasteiger partial charge in [0, 0.05) is 6.54 Å². The Labute approximate surface area is 139 Å². The normalized spacial score (nSPS) is 24.4. The summed E-state index contributed by atoms with van der Waals surface area (Å²) in [7, 11) is 1.69. The van der Waals surface area contributed by atoms with Gasteiger partial charge < -0.3 is 9.64 Å². The third-order valence-electron chi connectivity index (χ3n) is 5.27. The van der Waals surface area contributed by atoms with Crippen LogP contribution in [0, 0.1) is 12.8 Å². The van der Waals surface area contributed by atoms with E-state index in [2.05, 4.69) is 22.3 Å². The minimum absolute atomic E-state index is 0.0392. The summed E-state index contributed by atoms with van der Waals surface area (Å²) in [5.74, 6) is 1.75. The van der Waals surface area contributed by atoms with Crippen LogP contribution >= 0.6 is 0 Å². The number of carbonyl (C=O) groups excluding carboxylic acids is 1. The predicted octanol–water partition coefficient (Wildman–Crippen LogP) is 3.40. The molecular weight excluding hydrogens is 288 g/mol. The number of methoxy groups -OCH3 is 1. The van der Waals surface area contributed by atoms with E-state index in [9.17, 15) is 4.79 Å². The molecule has 4 heteroatoms. The minimum Gasteiger partial charge on any atom is -0.496 e. The molecule has 1 unspecified atom stereocenters. The summed E-state index contributed by atoms with van der Waals surface area (Å²) < 4.78 is 5.36. The topological polar surface area (TPSA) is 41.6 Å². The highest BCUT2D eigenvalue weighted by atomic mass is 16.5. The largest absolute Gasteiger partial charge is 0.496 e. The highest BCUT2D eigenvalue weighted by molar-refractivity contribution is 5.88. The van der Waals surface area contributed by atoms with Crippen LogP contribution in [0.5, 0.6) is 5.75 Å². The van der Waals surface area contributed by atoms with Crippen LogP contribution in [-0.4, -0.2) is 30.0 Å². The number of nitrogens with one attached hydrogen (secondary N) is 1. The molecule has 0 spiro atoms. The first-order valence-corrected chi connectivity index (χ1v) is 8.65. The zero-order chi connectivity index (χ0) is 16.6. The summed E-state index contributed by atoms with van der Waals surface area (Å²) in [6, 6.07) is 6.20. The van der Waals surface area contributed by atoms with Gasteiger partial charge in [-0.1, -0.05) is 18.9 Å². The summed E-state index contributed by atoms with van der Waals surface area (Å²) >= 11 is 0. The van der Waals surface area contributed by atoms with Gasteiger partial charge in [-0.2, -0.15) is 0 Å². The number of amides is 1. The Morgan fingerprint density at radius 2 is 2.00 bits per heavy atom. The van der Waals surface area contributed by atoms with Crippen molar-refractivity contribution in [2.75, 3.05) is 13.7 Å². The van der Waals surface area contributed by atoms with Gasteiger partial charge in [0.2, 0.25) is 5.91 Å². The average molecular weight is 316 g/mol. The molecule has 1 amide bonds. The van der Waals surface area contributed by atoms with Crippen LogP contribution < -0.4 is 10.1 Å². The van der Waals surface area contributed by atoms with Crippen LogP contribution in [0.3, 0.4) is 0 Å². The van der Waals surface area contributed by atoms with Crippen LogP contribution in [0.1, 0.15) is 56.8 Å². The van der Waals surface area contributed by atoms with E-state index >= 15 is 0 Å². The quantitative estimate of drug-likeness (QED) is 0.925. The van der Waals surface area contributed by atoms with Crippen molar-refractivity contribution < 1.29 is 9.53 Å². The number of benzene rings is 1. The first kappa shape index (κ1) is 16.3. The molecule has 126 valence electrons. The fourth-order valence-electron chi connectivity index (χ4n) is 3.95. The molecule has 23 heavy (non-hydrogen) atoms. The highest BCUT2D eigenvalue weighted by Crippen LogP contribution is 2.35. The van der Waals surface area contributed by atoms with Crippen LogP contribution in [0.4, 0.5) is 0 Å². The standard InChI is InChI=1S/C19H28N2O2/c1-13-11-15(9-10-16(13)23-4)17-20-19(2,3)18(22)21(17)12-14-7-5-6-8-14/h9-11,14,17,20H,5-8,12H2,1-4H3. The molecule has 1 aliphatic carbocycles. The molecule has 1 N–H and O–H groups in total. The van der Waals surface area contributed by atoms with E-state index in [0.717, 1.165) is 23.4 Å². The van der Waals surface area contributed by atoms with Gasteiger partial charge in [-0.05, 0) is 62.8 Å². The molecule has 1 aromatic rings. The smallest absolute Gasteiger partial charge is 0.243 e. The molecule has 2 fully saturated rings. The molecule has 1 aliphatic heterocycles. The van der Waals surface area contributed by atoms with Crippen molar-refractivity contribution in [3.8, 4) is 5.75 Å². The van der Waals surface area contributed by atoms with Crippen LogP contribution in [0.2, 0.25) is 0 Å². The number of ether oxygens (including phenoxy) is 1. The summed E-state index contributed by atoms with van der Waals surface area (Å²) in [6.07, 6.45) is 5.06. The lowest BCUT2D eigenvalue weighted by atomic mass is 10.0. The SMILES string of the molecule is COc1ccc(C2NC(C)(C)C(=O)N2CC2CCCC2)cc1C. The van der Waals surface area contributed by atoms with Crippen LogP contribution in [0.15, 0.2) is 18.2 Å². The number of aryl methyl sites for hydroxylation is 1. The van der Waals surface area contributed by atoms with Gasteiger partial charge in [0.25, 0.3) is 0 Å². The molecule has 3 rings (SSSR count). The second-order valence-electron chi connectivity index (χ2n) is 7.51. The maximum atomic E-state index is 12.8. The van der Waals surface area contributed by atoms with E-state index in [1.807, 2.05) is 26.8 Å². The third-order valence-corrected chi connectivity index (χ3v) is 5.27. The lowest BCUT2D eigenvalue weighted by molar-refractivity contribution is -0.133. The highest BCUT2D eigenvalue weighted by Gasteiger charge is 2.45. The number of hydrogen-bond donors (Lipinski definition) is 1. The monoisotopic (exact) mass is 316 g/mol. The lowest BCUT2D eigenvalue weighted by Gasteiger charge is -2.27. The van der Waals surface area contributed by atoms with Crippen molar-refractivity contribution in [3.05, 3.63) is 29.3 Å². The van der Waals surface area contributed by atoms with Gasteiger partial charge in [-0.3, -0.25) is 10.1 Å². The fraction of sp³-hybridized carbons (Fsp3) is 0.632. The van der Waals surface area contributed by atoms with Gasteiger partial charge in [0.1, 0.15) is 11.9 Å². The zero-order valence-corrected chi connectivity index (χ0v) is 14.7. The molecule has 0 bridgehead atoms. The average Bonchev–Trinajstić information content (AvgIpc) is 3.09. The molecule has 1 aromatic carbocycles. The van der Waals surface area contributed by atoms with Gasteiger partial charge in [-0.25, -0.2) is 0 Å². The summed E-state index contributed by atoms with van der Waals surface area (Å²) in [5.41, 5.74) is 1.74. The third kappa shape index (κ3) is 3.09. The molecule has 1 heterocycles. The number of nitrogens with zero attached hydrogens (tertiary/aromatic N) is 1. The summed E-state index contributed by atoms with van der Waals surface area (Å²) in [6.45, 7) is 6.87. The van der Waals surface area contributed by atoms with Gasteiger partial charge in [-0.15, -0.1) is 0 Å². The summed E-state index contributed by atoms with van der Waals surface area (Å²) in [4.78, 5) is 14.9. The van der Waals surface area contributed by atoms with Crippen molar-refractivity contribution in [3.63, 3.8) is 0 Å². The first-order valence-electron chi connectivity index (χ1n) is 8.65. The van der Waals surface area contributed by atoms with Gasteiger partial charge >= 0.3 is 0 Å². The molecule has 2 aliphatic rings.